The first-order valence-electron chi connectivity index (χ1n) is 10.5. The molecule has 9 heteroatoms. The van der Waals surface area contributed by atoms with Crippen molar-refractivity contribution < 1.29 is 38.7 Å². The Morgan fingerprint density at radius 2 is 1.23 bits per heavy atom. The standard InChI is InChI=1S/C26H25NO8/c1-32-20-8-3-17(4-9-20)15-34-23-12-7-19(27-14-22(25(28)29)26(30)31)13-24(23)35-16-18-5-10-21(33-2)11-6-18/h3-14,27H,15-16H2,1-2H3,(H,28,29)(H,30,31). The number of carbonyl (C=O) groups is 2. The van der Waals surface area contributed by atoms with E-state index in [1.807, 2.05) is 48.5 Å². The molecule has 0 heterocycles. The Balaban J connectivity index is 1.80. The van der Waals surface area contributed by atoms with Crippen molar-refractivity contribution in [2.45, 2.75) is 13.2 Å². The van der Waals surface area contributed by atoms with Crippen molar-refractivity contribution in [3.8, 4) is 23.0 Å². The zero-order valence-corrected chi connectivity index (χ0v) is 19.2. The summed E-state index contributed by atoms with van der Waals surface area (Å²) < 4.78 is 22.3. The highest BCUT2D eigenvalue weighted by molar-refractivity contribution is 6.12. The molecule has 0 aliphatic heterocycles. The van der Waals surface area contributed by atoms with E-state index >= 15 is 0 Å². The van der Waals surface area contributed by atoms with Gasteiger partial charge >= 0.3 is 11.9 Å². The topological polar surface area (TPSA) is 124 Å². The number of methoxy groups -OCH3 is 2. The van der Waals surface area contributed by atoms with Crippen molar-refractivity contribution in [1.29, 1.82) is 0 Å². The van der Waals surface area contributed by atoms with Gasteiger partial charge < -0.3 is 34.5 Å². The molecule has 0 fully saturated rings. The molecule has 3 rings (SSSR count). The van der Waals surface area contributed by atoms with Gasteiger partial charge in [-0.05, 0) is 47.5 Å². The molecular formula is C26H25NO8. The van der Waals surface area contributed by atoms with Gasteiger partial charge in [0.25, 0.3) is 0 Å². The first-order chi connectivity index (χ1) is 16.9. The highest BCUT2D eigenvalue weighted by Gasteiger charge is 2.16. The Bertz CT molecular complexity index is 1170. The van der Waals surface area contributed by atoms with Crippen LogP contribution in [0, 0.1) is 0 Å². The summed E-state index contributed by atoms with van der Waals surface area (Å²) in [5.74, 6) is -0.799. The minimum absolute atomic E-state index is 0.234. The molecule has 0 saturated heterocycles. The quantitative estimate of drug-likeness (QED) is 0.198. The summed E-state index contributed by atoms with van der Waals surface area (Å²) >= 11 is 0. The minimum atomic E-state index is -1.56. The average Bonchev–Trinajstić information content (AvgIpc) is 2.87. The van der Waals surface area contributed by atoms with Crippen LogP contribution in [0.25, 0.3) is 0 Å². The molecule has 3 N–H and O–H groups in total. The fraction of sp³-hybridized carbons (Fsp3) is 0.154. The molecule has 3 aromatic rings. The van der Waals surface area contributed by atoms with E-state index in [0.29, 0.717) is 17.2 Å². The average molecular weight is 479 g/mol. The smallest absolute Gasteiger partial charge is 0.344 e. The predicted octanol–water partition coefficient (Wildman–Crippen LogP) is 4.33. The van der Waals surface area contributed by atoms with Gasteiger partial charge in [0.05, 0.1) is 14.2 Å². The van der Waals surface area contributed by atoms with Gasteiger partial charge in [-0.15, -0.1) is 0 Å². The van der Waals surface area contributed by atoms with Crippen molar-refractivity contribution in [3.05, 3.63) is 89.6 Å². The molecule has 0 radical (unpaired) electrons. The third-order valence-electron chi connectivity index (χ3n) is 4.89. The molecule has 0 saturated carbocycles. The van der Waals surface area contributed by atoms with Crippen LogP contribution < -0.4 is 24.3 Å². The van der Waals surface area contributed by atoms with E-state index in [0.717, 1.165) is 28.8 Å². The highest BCUT2D eigenvalue weighted by Crippen LogP contribution is 2.32. The van der Waals surface area contributed by atoms with Crippen LogP contribution in [0.4, 0.5) is 5.69 Å². The number of carboxylic acid groups (broad SMARTS) is 2. The molecule has 0 spiro atoms. The second kappa shape index (κ2) is 12.0. The van der Waals surface area contributed by atoms with E-state index in [2.05, 4.69) is 5.32 Å². The summed E-state index contributed by atoms with van der Waals surface area (Å²) in [7, 11) is 3.18. The maximum atomic E-state index is 11.1. The highest BCUT2D eigenvalue weighted by atomic mass is 16.5. The van der Waals surface area contributed by atoms with Gasteiger partial charge in [0.15, 0.2) is 17.1 Å². The second-order valence-corrected chi connectivity index (χ2v) is 7.25. The van der Waals surface area contributed by atoms with E-state index in [4.69, 9.17) is 29.2 Å². The normalized spacial score (nSPS) is 10.1. The largest absolute Gasteiger partial charge is 0.497 e. The van der Waals surface area contributed by atoms with Gasteiger partial charge in [-0.2, -0.15) is 0 Å². The van der Waals surface area contributed by atoms with Crippen LogP contribution >= 0.6 is 0 Å². The Morgan fingerprint density at radius 3 is 1.69 bits per heavy atom. The van der Waals surface area contributed by atoms with E-state index in [9.17, 15) is 9.59 Å². The van der Waals surface area contributed by atoms with Crippen molar-refractivity contribution in [2.75, 3.05) is 19.5 Å². The Kier molecular flexibility index (Phi) is 8.55. The van der Waals surface area contributed by atoms with Crippen LogP contribution in [0.5, 0.6) is 23.0 Å². The fourth-order valence-electron chi connectivity index (χ4n) is 2.97. The summed E-state index contributed by atoms with van der Waals surface area (Å²) in [4.78, 5) is 22.2. The summed E-state index contributed by atoms with van der Waals surface area (Å²) in [6, 6.07) is 19.7. The Morgan fingerprint density at radius 1 is 0.743 bits per heavy atom. The van der Waals surface area contributed by atoms with Crippen LogP contribution in [0.3, 0.4) is 0 Å². The lowest BCUT2D eigenvalue weighted by Crippen LogP contribution is -2.12. The minimum Gasteiger partial charge on any atom is -0.497 e. The summed E-state index contributed by atoms with van der Waals surface area (Å²) in [5.41, 5.74) is 1.44. The number of ether oxygens (including phenoxy) is 4. The number of hydrogen-bond acceptors (Lipinski definition) is 7. The summed E-state index contributed by atoms with van der Waals surface area (Å²) in [6.07, 6.45) is 0.908. The molecule has 0 aliphatic rings. The van der Waals surface area contributed by atoms with E-state index in [-0.39, 0.29) is 13.2 Å². The van der Waals surface area contributed by atoms with Crippen LogP contribution in [-0.2, 0) is 22.8 Å². The number of benzene rings is 3. The number of rotatable bonds is 12. The molecule has 0 aliphatic carbocycles. The SMILES string of the molecule is COc1ccc(COc2ccc(NC=C(C(=O)O)C(=O)O)cc2OCc2ccc(OC)cc2)cc1. The Hall–Kier alpha value is -4.66. The number of hydrogen-bond donors (Lipinski definition) is 3. The zero-order chi connectivity index (χ0) is 25.2. The third kappa shape index (κ3) is 7.16. The van der Waals surface area contributed by atoms with Crippen LogP contribution in [0.1, 0.15) is 11.1 Å². The maximum absolute atomic E-state index is 11.1. The van der Waals surface area contributed by atoms with Crippen molar-refractivity contribution in [1.82, 2.24) is 0 Å². The van der Waals surface area contributed by atoms with Crippen molar-refractivity contribution >= 4 is 17.6 Å². The lowest BCUT2D eigenvalue weighted by atomic mass is 10.2. The zero-order valence-electron chi connectivity index (χ0n) is 19.2. The van der Waals surface area contributed by atoms with Gasteiger partial charge in [0, 0.05) is 18.0 Å². The predicted molar refractivity (Wildman–Crippen MR) is 128 cm³/mol. The monoisotopic (exact) mass is 479 g/mol. The number of anilines is 1. The van der Waals surface area contributed by atoms with Crippen LogP contribution in [0.2, 0.25) is 0 Å². The van der Waals surface area contributed by atoms with Gasteiger partial charge in [-0.25, -0.2) is 9.59 Å². The van der Waals surface area contributed by atoms with Crippen LogP contribution in [-0.4, -0.2) is 36.4 Å². The lowest BCUT2D eigenvalue weighted by Gasteiger charge is -2.15. The number of aliphatic carboxylic acids is 2. The van der Waals surface area contributed by atoms with Gasteiger partial charge in [0.2, 0.25) is 0 Å². The second-order valence-electron chi connectivity index (χ2n) is 7.25. The van der Waals surface area contributed by atoms with E-state index in [1.54, 1.807) is 32.4 Å². The van der Waals surface area contributed by atoms with Gasteiger partial charge in [-0.1, -0.05) is 24.3 Å². The van der Waals surface area contributed by atoms with Gasteiger partial charge in [0.1, 0.15) is 24.7 Å². The molecule has 0 bridgehead atoms. The lowest BCUT2D eigenvalue weighted by molar-refractivity contribution is -0.140. The molecular weight excluding hydrogens is 454 g/mol. The number of nitrogens with one attached hydrogen (secondary N) is 1. The van der Waals surface area contributed by atoms with Crippen LogP contribution in [0.15, 0.2) is 78.5 Å². The molecule has 9 nitrogen and oxygen atoms in total. The third-order valence-corrected chi connectivity index (χ3v) is 4.89. The Labute approximate surface area is 202 Å². The van der Waals surface area contributed by atoms with Crippen molar-refractivity contribution in [2.24, 2.45) is 0 Å². The first kappa shape index (κ1) is 25.0. The first-order valence-corrected chi connectivity index (χ1v) is 10.5. The molecule has 3 aromatic carbocycles. The fourth-order valence-corrected chi connectivity index (χ4v) is 2.97. The molecule has 0 unspecified atom stereocenters. The molecule has 182 valence electrons. The molecule has 0 amide bonds. The summed E-state index contributed by atoms with van der Waals surface area (Å²) in [5, 5.41) is 20.7. The van der Waals surface area contributed by atoms with E-state index in [1.165, 1.54) is 0 Å². The molecule has 0 aromatic heterocycles. The van der Waals surface area contributed by atoms with Gasteiger partial charge in [-0.3, -0.25) is 0 Å². The van der Waals surface area contributed by atoms with Crippen molar-refractivity contribution in [3.63, 3.8) is 0 Å². The maximum Gasteiger partial charge on any atom is 0.344 e. The van der Waals surface area contributed by atoms with E-state index < -0.39 is 17.5 Å². The molecule has 35 heavy (non-hydrogen) atoms. The molecule has 0 atom stereocenters. The number of carboxylic acids is 2. The summed E-state index contributed by atoms with van der Waals surface area (Å²) in [6.45, 7) is 0.509.